The second kappa shape index (κ2) is 13.5. The van der Waals surface area contributed by atoms with Crippen LogP contribution in [0.1, 0.15) is 55.5 Å². The number of benzene rings is 1. The van der Waals surface area contributed by atoms with Gasteiger partial charge in [0.2, 0.25) is 5.91 Å². The van der Waals surface area contributed by atoms with Crippen molar-refractivity contribution in [2.75, 3.05) is 60.5 Å². The van der Waals surface area contributed by atoms with E-state index in [2.05, 4.69) is 49.0 Å². The molecule has 0 aliphatic carbocycles. The number of rotatable bonds is 14. The second-order valence-electron chi connectivity index (χ2n) is 12.2. The number of carboxylic acids is 1. The van der Waals surface area contributed by atoms with Crippen molar-refractivity contribution in [2.45, 2.75) is 57.4 Å². The van der Waals surface area contributed by atoms with Crippen molar-refractivity contribution in [3.8, 4) is 5.75 Å². The summed E-state index contributed by atoms with van der Waals surface area (Å²) in [5.74, 6) is 0.0172. The molecule has 0 saturated carbocycles. The molecular weight excluding hydrogens is 506 g/mol. The zero-order chi connectivity index (χ0) is 28.7. The minimum absolute atomic E-state index is 0.0861. The van der Waals surface area contributed by atoms with E-state index in [1.54, 1.807) is 18.5 Å². The Morgan fingerprint density at radius 1 is 1.15 bits per heavy atom. The number of aromatic nitrogens is 2. The molecule has 2 aliphatic heterocycles. The van der Waals surface area contributed by atoms with Gasteiger partial charge in [-0.1, -0.05) is 25.5 Å². The molecule has 1 fully saturated rings. The first-order valence-electron chi connectivity index (χ1n) is 14.7. The number of amides is 1. The summed E-state index contributed by atoms with van der Waals surface area (Å²) >= 11 is 0. The third kappa shape index (κ3) is 7.79. The standard InChI is InChI=1S/C31H45N5O4/c1-5-6-16-34(17-8-18-36(2,3)4)29(37)22-35-21-25(23-9-11-27-24(20-23)13-19-40-27)30(31(38)39)26(35)10-12-28-32-14-7-15-33-28/h7,9,11,14-15,20,25-26,30H,5-6,8,10,12-13,16-19,21-22H2,1-4H3/p+1/t25-,26+,30-/m1/s1. The molecule has 0 radical (unpaired) electrons. The number of hydrogen-bond donors (Lipinski definition) is 1. The third-order valence-electron chi connectivity index (χ3n) is 8.19. The molecule has 1 aromatic heterocycles. The highest BCUT2D eigenvalue weighted by molar-refractivity contribution is 5.79. The number of fused-ring (bicyclic) bond motifs is 1. The van der Waals surface area contributed by atoms with Crippen molar-refractivity contribution >= 4 is 11.9 Å². The Morgan fingerprint density at radius 3 is 2.60 bits per heavy atom. The van der Waals surface area contributed by atoms with Crippen LogP contribution in [0.25, 0.3) is 0 Å². The van der Waals surface area contributed by atoms with E-state index < -0.39 is 11.9 Å². The smallest absolute Gasteiger partial charge is 0.308 e. The minimum atomic E-state index is -0.818. The summed E-state index contributed by atoms with van der Waals surface area (Å²) in [6.45, 7) is 6.01. The average Bonchev–Trinajstić information content (AvgIpc) is 3.53. The molecule has 218 valence electrons. The lowest BCUT2D eigenvalue weighted by atomic mass is 9.83. The molecular formula is C31H46N5O4+. The summed E-state index contributed by atoms with van der Waals surface area (Å²) in [6.07, 6.45) is 8.32. The molecule has 1 saturated heterocycles. The SMILES string of the molecule is CCCCN(CCC[N+](C)(C)C)C(=O)CN1C[C@H](c2ccc3c(c2)CCO3)[C@@H](C(=O)O)[C@@H]1CCc1ncccn1. The van der Waals surface area contributed by atoms with E-state index >= 15 is 0 Å². The summed E-state index contributed by atoms with van der Waals surface area (Å²) in [5.41, 5.74) is 2.15. The van der Waals surface area contributed by atoms with Crippen LogP contribution in [0, 0.1) is 5.92 Å². The molecule has 2 aromatic rings. The van der Waals surface area contributed by atoms with Gasteiger partial charge in [0.15, 0.2) is 0 Å². The molecule has 3 atom stereocenters. The molecule has 2 aliphatic rings. The first kappa shape index (κ1) is 29.9. The van der Waals surface area contributed by atoms with Crippen molar-refractivity contribution in [3.05, 3.63) is 53.6 Å². The minimum Gasteiger partial charge on any atom is -0.493 e. The summed E-state index contributed by atoms with van der Waals surface area (Å²) in [6, 6.07) is 7.58. The van der Waals surface area contributed by atoms with Crippen LogP contribution >= 0.6 is 0 Å². The molecule has 9 heteroatoms. The zero-order valence-corrected chi connectivity index (χ0v) is 24.6. The summed E-state index contributed by atoms with van der Waals surface area (Å²) in [4.78, 5) is 39.4. The van der Waals surface area contributed by atoms with Crippen LogP contribution in [-0.2, 0) is 22.4 Å². The van der Waals surface area contributed by atoms with E-state index in [-0.39, 0.29) is 24.4 Å². The number of ether oxygens (including phenoxy) is 1. The van der Waals surface area contributed by atoms with E-state index in [1.165, 1.54) is 0 Å². The average molecular weight is 553 g/mol. The van der Waals surface area contributed by atoms with Crippen molar-refractivity contribution < 1.29 is 23.9 Å². The fourth-order valence-corrected chi connectivity index (χ4v) is 6.08. The van der Waals surface area contributed by atoms with Gasteiger partial charge < -0.3 is 19.2 Å². The number of quaternary nitrogens is 1. The Balaban J connectivity index is 1.56. The van der Waals surface area contributed by atoms with Crippen LogP contribution in [0.2, 0.25) is 0 Å². The fourth-order valence-electron chi connectivity index (χ4n) is 6.08. The van der Waals surface area contributed by atoms with Gasteiger partial charge in [-0.3, -0.25) is 14.5 Å². The van der Waals surface area contributed by atoms with Gasteiger partial charge in [-0.15, -0.1) is 0 Å². The molecule has 4 rings (SSSR count). The number of likely N-dealkylation sites (tertiary alicyclic amines) is 1. The van der Waals surface area contributed by atoms with Crippen molar-refractivity contribution in [3.63, 3.8) is 0 Å². The Labute approximate surface area is 238 Å². The molecule has 3 heterocycles. The van der Waals surface area contributed by atoms with E-state index in [0.29, 0.717) is 31.8 Å². The number of aryl methyl sites for hydroxylation is 1. The van der Waals surface area contributed by atoms with Gasteiger partial charge in [-0.25, -0.2) is 9.97 Å². The van der Waals surface area contributed by atoms with Gasteiger partial charge in [0.1, 0.15) is 11.6 Å². The van der Waals surface area contributed by atoms with Gasteiger partial charge in [-0.05, 0) is 36.1 Å². The number of unbranched alkanes of at least 4 members (excludes halogenated alkanes) is 1. The maximum atomic E-state index is 13.7. The number of aliphatic carboxylic acids is 1. The monoisotopic (exact) mass is 552 g/mol. The highest BCUT2D eigenvalue weighted by atomic mass is 16.5. The number of carboxylic acid groups (broad SMARTS) is 1. The van der Waals surface area contributed by atoms with Gasteiger partial charge >= 0.3 is 5.97 Å². The van der Waals surface area contributed by atoms with E-state index in [4.69, 9.17) is 4.74 Å². The van der Waals surface area contributed by atoms with E-state index in [9.17, 15) is 14.7 Å². The first-order chi connectivity index (χ1) is 19.2. The molecule has 0 spiro atoms. The maximum Gasteiger partial charge on any atom is 0.308 e. The normalized spacial score (nSPS) is 20.8. The molecule has 1 N–H and O–H groups in total. The van der Waals surface area contributed by atoms with E-state index in [0.717, 1.165) is 66.7 Å². The Hall–Kier alpha value is -3.04. The van der Waals surface area contributed by atoms with Crippen molar-refractivity contribution in [2.24, 2.45) is 5.92 Å². The highest BCUT2D eigenvalue weighted by Gasteiger charge is 2.47. The Morgan fingerprint density at radius 2 is 1.90 bits per heavy atom. The molecule has 0 unspecified atom stereocenters. The summed E-state index contributed by atoms with van der Waals surface area (Å²) in [5, 5.41) is 10.5. The summed E-state index contributed by atoms with van der Waals surface area (Å²) < 4.78 is 6.55. The number of hydrogen-bond acceptors (Lipinski definition) is 6. The topological polar surface area (TPSA) is 95.9 Å². The number of carbonyl (C=O) groups is 2. The van der Waals surface area contributed by atoms with Gasteiger partial charge in [-0.2, -0.15) is 0 Å². The van der Waals surface area contributed by atoms with Gasteiger partial charge in [0.05, 0.1) is 46.8 Å². The predicted octanol–water partition coefficient (Wildman–Crippen LogP) is 3.24. The third-order valence-corrected chi connectivity index (χ3v) is 8.19. The van der Waals surface area contributed by atoms with Gasteiger partial charge in [0.25, 0.3) is 0 Å². The summed E-state index contributed by atoms with van der Waals surface area (Å²) in [7, 11) is 6.50. The van der Waals surface area contributed by atoms with Crippen LogP contribution in [0.3, 0.4) is 0 Å². The van der Waals surface area contributed by atoms with Crippen LogP contribution < -0.4 is 4.74 Å². The van der Waals surface area contributed by atoms with Crippen molar-refractivity contribution in [1.82, 2.24) is 19.8 Å². The molecule has 9 nitrogen and oxygen atoms in total. The highest BCUT2D eigenvalue weighted by Crippen LogP contribution is 2.41. The molecule has 1 amide bonds. The largest absolute Gasteiger partial charge is 0.493 e. The van der Waals surface area contributed by atoms with Gasteiger partial charge in [0, 0.05) is 63.3 Å². The second-order valence-corrected chi connectivity index (χ2v) is 12.2. The Kier molecular flexibility index (Phi) is 10.1. The number of nitrogens with zero attached hydrogens (tertiary/aromatic N) is 5. The van der Waals surface area contributed by atoms with E-state index in [1.807, 2.05) is 17.0 Å². The molecule has 0 bridgehead atoms. The van der Waals surface area contributed by atoms with Crippen LogP contribution in [0.4, 0.5) is 0 Å². The quantitative estimate of drug-likeness (QED) is 0.360. The maximum absolute atomic E-state index is 13.7. The Bertz CT molecular complexity index is 1140. The van der Waals surface area contributed by atoms with Crippen molar-refractivity contribution in [1.29, 1.82) is 0 Å². The number of carbonyl (C=O) groups excluding carboxylic acids is 1. The molecule has 1 aromatic carbocycles. The lowest BCUT2D eigenvalue weighted by Gasteiger charge is -2.30. The lowest BCUT2D eigenvalue weighted by molar-refractivity contribution is -0.870. The van der Waals surface area contributed by atoms with Crippen LogP contribution in [0.15, 0.2) is 36.7 Å². The fraction of sp³-hybridized carbons (Fsp3) is 0.613. The lowest BCUT2D eigenvalue weighted by Crippen LogP contribution is -2.45. The van der Waals surface area contributed by atoms with Crippen LogP contribution in [0.5, 0.6) is 5.75 Å². The molecule has 40 heavy (non-hydrogen) atoms. The van der Waals surface area contributed by atoms with Crippen LogP contribution in [-0.4, -0.2) is 108 Å². The predicted molar refractivity (Wildman–Crippen MR) is 154 cm³/mol. The first-order valence-corrected chi connectivity index (χ1v) is 14.7. The zero-order valence-electron chi connectivity index (χ0n) is 24.6.